The molecule has 4 aliphatic rings. The van der Waals surface area contributed by atoms with Crippen molar-refractivity contribution in [3.63, 3.8) is 0 Å². The van der Waals surface area contributed by atoms with Gasteiger partial charge in [0.15, 0.2) is 0 Å². The first-order valence-corrected chi connectivity index (χ1v) is 14.5. The third-order valence-corrected chi connectivity index (χ3v) is 9.93. The average Bonchev–Trinajstić information content (AvgIpc) is 3.35. The molecular formula is C33H27ClFN3O5. The summed E-state index contributed by atoms with van der Waals surface area (Å²) in [5, 5.41) is 12.0. The minimum atomic E-state index is -1.48. The second-order valence-electron chi connectivity index (χ2n) is 11.7. The SMILES string of the molecule is CN1C(=O)[C@H]2[C@H](CC=C3[C@H]2C[C@H]2C(=O)N(Nc4ccc(F)cc4)C(=O)[C@@]2(c2ccc(Cl)cc2)[C@H]3c2cccc(O)c2)C1=O. The zero-order valence-electron chi connectivity index (χ0n) is 23.0. The van der Waals surface area contributed by atoms with E-state index in [2.05, 4.69) is 5.43 Å². The van der Waals surface area contributed by atoms with Crippen LogP contribution >= 0.6 is 11.6 Å². The molecule has 0 aromatic heterocycles. The van der Waals surface area contributed by atoms with E-state index < -0.39 is 52.6 Å². The number of rotatable bonds is 4. The van der Waals surface area contributed by atoms with Gasteiger partial charge in [-0.2, -0.15) is 5.01 Å². The van der Waals surface area contributed by atoms with Crippen LogP contribution in [0.5, 0.6) is 5.75 Å². The van der Waals surface area contributed by atoms with Gasteiger partial charge in [-0.05, 0) is 78.4 Å². The first kappa shape index (κ1) is 27.3. The Bertz CT molecular complexity index is 1720. The summed E-state index contributed by atoms with van der Waals surface area (Å²) in [5.41, 5.74) is 3.73. The van der Waals surface area contributed by atoms with Crippen LogP contribution in [-0.4, -0.2) is 45.7 Å². The Labute approximate surface area is 251 Å². The van der Waals surface area contributed by atoms with Crippen molar-refractivity contribution in [3.05, 3.63) is 106 Å². The summed E-state index contributed by atoms with van der Waals surface area (Å²) in [6, 6.07) is 18.7. The van der Waals surface area contributed by atoms with Crippen molar-refractivity contribution in [3.8, 4) is 5.75 Å². The van der Waals surface area contributed by atoms with Crippen molar-refractivity contribution in [2.45, 2.75) is 24.2 Å². The lowest BCUT2D eigenvalue weighted by molar-refractivity contribution is -0.140. The Balaban J connectivity index is 1.47. The Kier molecular flexibility index (Phi) is 6.21. The minimum absolute atomic E-state index is 0.0124. The summed E-state index contributed by atoms with van der Waals surface area (Å²) in [4.78, 5) is 57.0. The lowest BCUT2D eigenvalue weighted by Gasteiger charge is -2.50. The predicted octanol–water partition coefficient (Wildman–Crippen LogP) is 4.80. The van der Waals surface area contributed by atoms with E-state index >= 15 is 0 Å². The molecule has 3 aromatic carbocycles. The third kappa shape index (κ3) is 3.87. The Hall–Kier alpha value is -4.50. The number of benzene rings is 3. The molecule has 0 radical (unpaired) electrons. The molecule has 3 fully saturated rings. The van der Waals surface area contributed by atoms with E-state index in [1.54, 1.807) is 42.5 Å². The number of halogens is 2. The van der Waals surface area contributed by atoms with Crippen LogP contribution in [0.15, 0.2) is 84.4 Å². The van der Waals surface area contributed by atoms with Gasteiger partial charge in [0.05, 0.1) is 28.9 Å². The van der Waals surface area contributed by atoms with Gasteiger partial charge in [-0.15, -0.1) is 0 Å². The van der Waals surface area contributed by atoms with Crippen LogP contribution in [0.4, 0.5) is 10.1 Å². The number of phenols is 1. The van der Waals surface area contributed by atoms with Crippen LogP contribution in [-0.2, 0) is 24.6 Å². The summed E-state index contributed by atoms with van der Waals surface area (Å²) in [5.74, 6) is -5.42. The number of nitrogens with one attached hydrogen (secondary N) is 1. The molecule has 0 spiro atoms. The van der Waals surface area contributed by atoms with Crippen molar-refractivity contribution < 1.29 is 28.7 Å². The normalized spacial score (nSPS) is 29.7. The first-order chi connectivity index (χ1) is 20.6. The van der Waals surface area contributed by atoms with Gasteiger partial charge >= 0.3 is 0 Å². The Morgan fingerprint density at radius 1 is 0.930 bits per heavy atom. The van der Waals surface area contributed by atoms with Gasteiger partial charge in [0.25, 0.3) is 11.8 Å². The highest BCUT2D eigenvalue weighted by molar-refractivity contribution is 6.30. The van der Waals surface area contributed by atoms with Gasteiger partial charge in [0, 0.05) is 18.0 Å². The number of aromatic hydroxyl groups is 1. The Morgan fingerprint density at radius 3 is 2.35 bits per heavy atom. The van der Waals surface area contributed by atoms with Gasteiger partial charge in [0.2, 0.25) is 11.8 Å². The molecule has 0 bridgehead atoms. The van der Waals surface area contributed by atoms with E-state index in [0.29, 0.717) is 28.3 Å². The molecule has 10 heteroatoms. The van der Waals surface area contributed by atoms with Crippen molar-refractivity contribution in [1.82, 2.24) is 9.91 Å². The van der Waals surface area contributed by atoms with Crippen LogP contribution in [0.2, 0.25) is 5.02 Å². The molecular weight excluding hydrogens is 573 g/mol. The van der Waals surface area contributed by atoms with Crippen molar-refractivity contribution in [2.24, 2.45) is 23.7 Å². The van der Waals surface area contributed by atoms with E-state index in [9.17, 15) is 28.7 Å². The van der Waals surface area contributed by atoms with Crippen molar-refractivity contribution in [1.29, 1.82) is 0 Å². The fourth-order valence-electron chi connectivity index (χ4n) is 7.89. The summed E-state index contributed by atoms with van der Waals surface area (Å²) < 4.78 is 13.7. The molecule has 6 atom stereocenters. The molecule has 2 aliphatic heterocycles. The van der Waals surface area contributed by atoms with E-state index in [1.165, 1.54) is 42.3 Å². The number of carbonyl (C=O) groups excluding carboxylic acids is 4. The summed E-state index contributed by atoms with van der Waals surface area (Å²) in [6.07, 6.45) is 2.43. The molecule has 1 saturated carbocycles. The molecule has 2 N–H and O–H groups in total. The zero-order valence-corrected chi connectivity index (χ0v) is 23.8. The number of hydrogen-bond acceptors (Lipinski definition) is 6. The maximum absolute atomic E-state index is 14.9. The number of phenolic OH excluding ortho intramolecular Hbond substituents is 1. The van der Waals surface area contributed by atoms with Gasteiger partial charge in [0.1, 0.15) is 11.6 Å². The molecule has 4 amide bonds. The maximum atomic E-state index is 14.9. The highest BCUT2D eigenvalue weighted by atomic mass is 35.5. The summed E-state index contributed by atoms with van der Waals surface area (Å²) >= 11 is 6.27. The number of hydrogen-bond donors (Lipinski definition) is 2. The second-order valence-corrected chi connectivity index (χ2v) is 12.1. The smallest absolute Gasteiger partial charge is 0.260 e. The van der Waals surface area contributed by atoms with Gasteiger partial charge in [-0.1, -0.05) is 47.5 Å². The molecule has 8 nitrogen and oxygen atoms in total. The highest BCUT2D eigenvalue weighted by Crippen LogP contribution is 2.64. The number of anilines is 1. The van der Waals surface area contributed by atoms with Crippen LogP contribution in [0.25, 0.3) is 0 Å². The lowest BCUT2D eigenvalue weighted by Crippen LogP contribution is -2.53. The van der Waals surface area contributed by atoms with E-state index in [1.807, 2.05) is 6.08 Å². The molecule has 43 heavy (non-hydrogen) atoms. The van der Waals surface area contributed by atoms with Gasteiger partial charge in [-0.25, -0.2) is 4.39 Å². The number of hydrazine groups is 1. The number of fused-ring (bicyclic) bond motifs is 4. The highest BCUT2D eigenvalue weighted by Gasteiger charge is 2.70. The molecule has 2 heterocycles. The van der Waals surface area contributed by atoms with Crippen LogP contribution < -0.4 is 5.43 Å². The van der Waals surface area contributed by atoms with E-state index in [4.69, 9.17) is 11.6 Å². The summed E-state index contributed by atoms with van der Waals surface area (Å²) in [7, 11) is 1.48. The van der Waals surface area contributed by atoms with Crippen molar-refractivity contribution >= 4 is 40.9 Å². The van der Waals surface area contributed by atoms with Crippen LogP contribution in [0.1, 0.15) is 29.9 Å². The number of nitrogens with zero attached hydrogens (tertiary/aromatic N) is 2. The number of likely N-dealkylation sites (tertiary alicyclic amines) is 1. The topological polar surface area (TPSA) is 107 Å². The van der Waals surface area contributed by atoms with Crippen LogP contribution in [0.3, 0.4) is 0 Å². The molecule has 7 rings (SSSR count). The van der Waals surface area contributed by atoms with E-state index in [-0.39, 0.29) is 24.0 Å². The zero-order chi connectivity index (χ0) is 30.2. The monoisotopic (exact) mass is 599 g/mol. The maximum Gasteiger partial charge on any atom is 0.260 e. The van der Waals surface area contributed by atoms with Gasteiger partial charge < -0.3 is 5.11 Å². The summed E-state index contributed by atoms with van der Waals surface area (Å²) in [6.45, 7) is 0. The molecule has 0 unspecified atom stereocenters. The molecule has 218 valence electrons. The number of allylic oxidation sites excluding steroid dienone is 2. The predicted molar refractivity (Wildman–Crippen MR) is 155 cm³/mol. The standard InChI is InChI=1S/C33H27ClFN3O5/c1-37-29(40)24-14-13-23-25(27(24)31(37)42)16-26-30(41)38(36-21-11-9-20(35)10-12-21)32(43)33(26,18-5-7-19(34)8-6-18)28(23)17-3-2-4-22(39)15-17/h2-13,15,24-28,36,39H,14,16H2,1H3/t24-,25+,26-,27-,28-,33+/m0/s1. The third-order valence-electron chi connectivity index (χ3n) is 9.68. The molecule has 2 saturated heterocycles. The van der Waals surface area contributed by atoms with Crippen LogP contribution in [0, 0.1) is 29.5 Å². The van der Waals surface area contributed by atoms with Gasteiger partial charge in [-0.3, -0.25) is 29.5 Å². The number of imide groups is 2. The fraction of sp³-hybridized carbons (Fsp3) is 0.273. The largest absolute Gasteiger partial charge is 0.508 e. The fourth-order valence-corrected chi connectivity index (χ4v) is 8.02. The average molecular weight is 600 g/mol. The first-order valence-electron chi connectivity index (χ1n) is 14.1. The number of carbonyl (C=O) groups is 4. The van der Waals surface area contributed by atoms with E-state index in [0.717, 1.165) is 10.6 Å². The number of amides is 4. The quantitative estimate of drug-likeness (QED) is 0.330. The Morgan fingerprint density at radius 2 is 1.65 bits per heavy atom. The molecule has 2 aliphatic carbocycles. The lowest BCUT2D eigenvalue weighted by atomic mass is 9.49. The molecule has 3 aromatic rings. The second kappa shape index (κ2) is 9.77. The minimum Gasteiger partial charge on any atom is -0.508 e. The van der Waals surface area contributed by atoms with Crippen molar-refractivity contribution in [2.75, 3.05) is 12.5 Å².